The second-order valence-electron chi connectivity index (χ2n) is 6.00. The molecule has 0 radical (unpaired) electrons. The smallest absolute Gasteiger partial charge is 0.0594 e. The van der Waals surface area contributed by atoms with Crippen LogP contribution in [0, 0.1) is 6.92 Å². The highest BCUT2D eigenvalue weighted by molar-refractivity contribution is 5.21. The molecular weight excluding hydrogens is 236 g/mol. The maximum Gasteiger partial charge on any atom is 0.0594 e. The van der Waals surface area contributed by atoms with Gasteiger partial charge in [-0.1, -0.05) is 29.8 Å². The Hall–Kier alpha value is -0.900. The summed E-state index contributed by atoms with van der Waals surface area (Å²) in [6, 6.07) is 8.74. The maximum absolute atomic E-state index is 5.42. The van der Waals surface area contributed by atoms with Crippen LogP contribution in [0.15, 0.2) is 24.3 Å². The van der Waals surface area contributed by atoms with Crippen molar-refractivity contribution in [2.24, 2.45) is 0 Å². The van der Waals surface area contributed by atoms with Crippen LogP contribution in [0.3, 0.4) is 0 Å². The molecule has 0 bridgehead atoms. The summed E-state index contributed by atoms with van der Waals surface area (Å²) in [6.07, 6.45) is 0. The second kappa shape index (κ2) is 6.51. The number of rotatable bonds is 5. The highest BCUT2D eigenvalue weighted by Gasteiger charge is 2.27. The van der Waals surface area contributed by atoms with Crippen LogP contribution in [0.2, 0.25) is 0 Å². The van der Waals surface area contributed by atoms with Crippen molar-refractivity contribution in [3.05, 3.63) is 35.4 Å². The number of aryl methyl sites for hydroxylation is 1. The number of benzene rings is 1. The predicted octanol–water partition coefficient (Wildman–Crippen LogP) is 2.20. The van der Waals surface area contributed by atoms with Gasteiger partial charge in [-0.05, 0) is 26.3 Å². The Morgan fingerprint density at radius 2 is 1.79 bits per heavy atom. The lowest BCUT2D eigenvalue weighted by molar-refractivity contribution is -0.00966. The Morgan fingerprint density at radius 1 is 1.16 bits per heavy atom. The number of morpholine rings is 1. The van der Waals surface area contributed by atoms with Crippen LogP contribution in [0.25, 0.3) is 0 Å². The molecule has 0 saturated carbocycles. The van der Waals surface area contributed by atoms with Gasteiger partial charge in [0.05, 0.1) is 13.2 Å². The highest BCUT2D eigenvalue weighted by Crippen LogP contribution is 2.15. The van der Waals surface area contributed by atoms with Crippen molar-refractivity contribution in [1.82, 2.24) is 10.2 Å². The fraction of sp³-hybridized carbons (Fsp3) is 0.625. The number of nitrogens with zero attached hydrogens (tertiary/aromatic N) is 1. The molecular formula is C16H26N2O. The molecule has 1 saturated heterocycles. The van der Waals surface area contributed by atoms with E-state index in [2.05, 4.69) is 55.3 Å². The van der Waals surface area contributed by atoms with Crippen LogP contribution in [0.5, 0.6) is 0 Å². The van der Waals surface area contributed by atoms with E-state index in [-0.39, 0.29) is 5.54 Å². The van der Waals surface area contributed by atoms with Gasteiger partial charge < -0.3 is 10.1 Å². The monoisotopic (exact) mass is 262 g/mol. The summed E-state index contributed by atoms with van der Waals surface area (Å²) >= 11 is 0. The number of hydrogen-bond donors (Lipinski definition) is 1. The zero-order valence-electron chi connectivity index (χ0n) is 12.4. The molecule has 0 spiro atoms. The van der Waals surface area contributed by atoms with Crippen LogP contribution < -0.4 is 5.32 Å². The molecule has 1 aromatic carbocycles. The Morgan fingerprint density at radius 3 is 2.42 bits per heavy atom. The van der Waals surface area contributed by atoms with E-state index in [1.54, 1.807) is 0 Å². The number of nitrogens with one attached hydrogen (secondary N) is 1. The molecule has 1 aromatic rings. The standard InChI is InChI=1S/C16H26N2O/c1-14-4-6-15(7-5-14)12-17-13-16(2,3)18-8-10-19-11-9-18/h4-7,17H,8-13H2,1-3H3. The normalized spacial score (nSPS) is 17.6. The van der Waals surface area contributed by atoms with Crippen molar-refractivity contribution in [1.29, 1.82) is 0 Å². The van der Waals surface area contributed by atoms with Crippen molar-refractivity contribution in [3.63, 3.8) is 0 Å². The fourth-order valence-electron chi connectivity index (χ4n) is 2.50. The second-order valence-corrected chi connectivity index (χ2v) is 6.00. The van der Waals surface area contributed by atoms with E-state index in [0.717, 1.165) is 39.4 Å². The third-order valence-electron chi connectivity index (χ3n) is 3.87. The molecule has 1 heterocycles. The Balaban J connectivity index is 1.78. The molecule has 1 N–H and O–H groups in total. The van der Waals surface area contributed by atoms with E-state index < -0.39 is 0 Å². The zero-order chi connectivity index (χ0) is 13.7. The molecule has 3 heteroatoms. The lowest BCUT2D eigenvalue weighted by Gasteiger charge is -2.41. The molecule has 106 valence electrons. The van der Waals surface area contributed by atoms with Crippen molar-refractivity contribution in [2.45, 2.75) is 32.9 Å². The Labute approximate surface area is 116 Å². The minimum atomic E-state index is 0.189. The third kappa shape index (κ3) is 4.30. The SMILES string of the molecule is Cc1ccc(CNCC(C)(C)N2CCOCC2)cc1. The molecule has 0 atom stereocenters. The van der Waals surface area contributed by atoms with Crippen LogP contribution in [-0.2, 0) is 11.3 Å². The predicted molar refractivity (Wildman–Crippen MR) is 79.4 cm³/mol. The quantitative estimate of drug-likeness (QED) is 0.880. The summed E-state index contributed by atoms with van der Waals surface area (Å²) in [7, 11) is 0. The van der Waals surface area contributed by atoms with Crippen LogP contribution in [0.4, 0.5) is 0 Å². The third-order valence-corrected chi connectivity index (χ3v) is 3.87. The molecule has 1 aliphatic heterocycles. The van der Waals surface area contributed by atoms with Gasteiger partial charge >= 0.3 is 0 Å². The maximum atomic E-state index is 5.42. The Bertz CT molecular complexity index is 380. The lowest BCUT2D eigenvalue weighted by Crippen LogP contribution is -2.54. The molecule has 1 fully saturated rings. The molecule has 2 rings (SSSR count). The number of hydrogen-bond acceptors (Lipinski definition) is 3. The summed E-state index contributed by atoms with van der Waals surface area (Å²) in [5.74, 6) is 0. The highest BCUT2D eigenvalue weighted by atomic mass is 16.5. The van der Waals surface area contributed by atoms with E-state index in [9.17, 15) is 0 Å². The average molecular weight is 262 g/mol. The first-order valence-corrected chi connectivity index (χ1v) is 7.17. The molecule has 0 aromatic heterocycles. The van der Waals surface area contributed by atoms with Gasteiger partial charge in [0, 0.05) is 31.7 Å². The summed E-state index contributed by atoms with van der Waals surface area (Å²) < 4.78 is 5.42. The molecule has 3 nitrogen and oxygen atoms in total. The van der Waals surface area contributed by atoms with E-state index >= 15 is 0 Å². The zero-order valence-corrected chi connectivity index (χ0v) is 12.4. The van der Waals surface area contributed by atoms with Gasteiger partial charge in [0.1, 0.15) is 0 Å². The fourth-order valence-corrected chi connectivity index (χ4v) is 2.50. The van der Waals surface area contributed by atoms with Crippen molar-refractivity contribution < 1.29 is 4.74 Å². The van der Waals surface area contributed by atoms with Crippen molar-refractivity contribution >= 4 is 0 Å². The van der Waals surface area contributed by atoms with E-state index in [4.69, 9.17) is 4.74 Å². The Kier molecular flexibility index (Phi) is 4.97. The van der Waals surface area contributed by atoms with Crippen molar-refractivity contribution in [2.75, 3.05) is 32.8 Å². The summed E-state index contributed by atoms with van der Waals surface area (Å²) in [5, 5.41) is 3.58. The number of ether oxygens (including phenoxy) is 1. The summed E-state index contributed by atoms with van der Waals surface area (Å²) in [5.41, 5.74) is 2.86. The van der Waals surface area contributed by atoms with E-state index in [0.29, 0.717) is 0 Å². The molecule has 0 aliphatic carbocycles. The minimum absolute atomic E-state index is 0.189. The first kappa shape index (κ1) is 14.5. The van der Waals surface area contributed by atoms with Gasteiger partial charge in [-0.2, -0.15) is 0 Å². The molecule has 1 aliphatic rings. The topological polar surface area (TPSA) is 24.5 Å². The largest absolute Gasteiger partial charge is 0.379 e. The first-order valence-electron chi connectivity index (χ1n) is 7.17. The first-order chi connectivity index (χ1) is 9.08. The van der Waals surface area contributed by atoms with E-state index in [1.807, 2.05) is 0 Å². The van der Waals surface area contributed by atoms with Crippen LogP contribution >= 0.6 is 0 Å². The van der Waals surface area contributed by atoms with Gasteiger partial charge in [0.2, 0.25) is 0 Å². The summed E-state index contributed by atoms with van der Waals surface area (Å²) in [4.78, 5) is 2.51. The van der Waals surface area contributed by atoms with Gasteiger partial charge in [-0.3, -0.25) is 4.90 Å². The molecule has 0 unspecified atom stereocenters. The van der Waals surface area contributed by atoms with Gasteiger partial charge in [-0.15, -0.1) is 0 Å². The van der Waals surface area contributed by atoms with Gasteiger partial charge in [-0.25, -0.2) is 0 Å². The summed E-state index contributed by atoms with van der Waals surface area (Å²) in [6.45, 7) is 12.5. The van der Waals surface area contributed by atoms with Crippen LogP contribution in [0.1, 0.15) is 25.0 Å². The van der Waals surface area contributed by atoms with Crippen LogP contribution in [-0.4, -0.2) is 43.3 Å². The van der Waals surface area contributed by atoms with Gasteiger partial charge in [0.15, 0.2) is 0 Å². The van der Waals surface area contributed by atoms with Crippen molar-refractivity contribution in [3.8, 4) is 0 Å². The lowest BCUT2D eigenvalue weighted by atomic mass is 10.0. The minimum Gasteiger partial charge on any atom is -0.379 e. The molecule has 19 heavy (non-hydrogen) atoms. The van der Waals surface area contributed by atoms with Gasteiger partial charge in [0.25, 0.3) is 0 Å². The average Bonchev–Trinajstić information content (AvgIpc) is 2.42. The van der Waals surface area contributed by atoms with E-state index in [1.165, 1.54) is 11.1 Å². The molecule has 0 amide bonds.